The van der Waals surface area contributed by atoms with Crippen LogP contribution in [-0.4, -0.2) is 35.1 Å². The molecule has 4 nitrogen and oxygen atoms in total. The Morgan fingerprint density at radius 3 is 2.72 bits per heavy atom. The van der Waals surface area contributed by atoms with E-state index in [-0.39, 0.29) is 5.41 Å². The predicted molar refractivity (Wildman–Crippen MR) is 118 cm³/mol. The van der Waals surface area contributed by atoms with E-state index in [0.29, 0.717) is 11.8 Å². The van der Waals surface area contributed by atoms with Crippen molar-refractivity contribution in [2.24, 2.45) is 5.92 Å². The van der Waals surface area contributed by atoms with Gasteiger partial charge >= 0.3 is 6.18 Å². The molecule has 3 atom stereocenters. The standard InChI is InChI=1S/C23H26N2O.C2HF3O/c1-13-5-6-18-15(10-13)21-14-11-19-16-4-2-3-7-23(16,8-9-24-19)17(14)12-20(26)22(21)25-18;3-2(4,5)1-6/h5-6,10,12,16,19,24-26H,2-4,7-9,11H2,1H3;1H/t16-,19+,23+;/m1./s1. The maximum absolute atomic E-state index is 10.9. The number of halogens is 3. The lowest BCUT2D eigenvalue weighted by Gasteiger charge is -2.56. The molecule has 0 amide bonds. The third kappa shape index (κ3) is 3.29. The van der Waals surface area contributed by atoms with Crippen LogP contribution >= 0.6 is 0 Å². The normalized spacial score (nSPS) is 26.8. The summed E-state index contributed by atoms with van der Waals surface area (Å²) in [5.41, 5.74) is 6.57. The first-order valence-electron chi connectivity index (χ1n) is 11.3. The summed E-state index contributed by atoms with van der Waals surface area (Å²) in [6, 6.07) is 9.30. The van der Waals surface area contributed by atoms with Gasteiger partial charge in [-0.3, -0.25) is 4.79 Å². The Labute approximate surface area is 184 Å². The minimum absolute atomic E-state index is 0.279. The number of phenols is 1. The second kappa shape index (κ2) is 7.51. The molecule has 0 unspecified atom stereocenters. The number of phenolic OH excluding ortho intramolecular Hbond substituents is 1. The number of carbonyl (C=O) groups is 1. The Balaban J connectivity index is 0.000000322. The maximum atomic E-state index is 10.9. The molecule has 0 spiro atoms. The number of piperidine rings is 1. The van der Waals surface area contributed by atoms with Crippen LogP contribution in [0.2, 0.25) is 0 Å². The van der Waals surface area contributed by atoms with Crippen molar-refractivity contribution in [3.05, 3.63) is 41.0 Å². The molecule has 0 radical (unpaired) electrons. The van der Waals surface area contributed by atoms with E-state index in [1.54, 1.807) is 0 Å². The molecule has 1 aliphatic heterocycles. The lowest BCUT2D eigenvalue weighted by molar-refractivity contribution is -0.156. The van der Waals surface area contributed by atoms with Crippen LogP contribution in [0, 0.1) is 12.8 Å². The lowest BCUT2D eigenvalue weighted by atomic mass is 9.52. The predicted octanol–water partition coefficient (Wildman–Crippen LogP) is 5.43. The van der Waals surface area contributed by atoms with Gasteiger partial charge in [-0.1, -0.05) is 24.5 Å². The molecule has 2 aromatic carbocycles. The molecule has 32 heavy (non-hydrogen) atoms. The molecule has 2 fully saturated rings. The van der Waals surface area contributed by atoms with Crippen LogP contribution in [0.4, 0.5) is 13.2 Å². The van der Waals surface area contributed by atoms with Crippen LogP contribution in [-0.2, 0) is 16.6 Å². The zero-order chi connectivity index (χ0) is 22.7. The number of carbonyl (C=O) groups excluding carboxylic acids is 1. The van der Waals surface area contributed by atoms with E-state index in [0.717, 1.165) is 29.9 Å². The fourth-order valence-electron chi connectivity index (χ4n) is 6.59. The zero-order valence-corrected chi connectivity index (χ0v) is 18.0. The summed E-state index contributed by atoms with van der Waals surface area (Å²) in [6.07, 6.45) is 1.92. The monoisotopic (exact) mass is 444 g/mol. The Hall–Kier alpha value is -2.54. The zero-order valence-electron chi connectivity index (χ0n) is 18.0. The molecule has 3 aromatic rings. The number of alkyl halides is 3. The van der Waals surface area contributed by atoms with E-state index in [4.69, 9.17) is 4.79 Å². The molecule has 2 heterocycles. The van der Waals surface area contributed by atoms with Crippen LogP contribution < -0.4 is 5.32 Å². The Morgan fingerprint density at radius 1 is 1.19 bits per heavy atom. The van der Waals surface area contributed by atoms with Crippen LogP contribution in [0.1, 0.15) is 48.8 Å². The van der Waals surface area contributed by atoms with Crippen molar-refractivity contribution in [1.29, 1.82) is 0 Å². The molecule has 1 saturated carbocycles. The van der Waals surface area contributed by atoms with E-state index in [1.807, 2.05) is 0 Å². The highest BCUT2D eigenvalue weighted by Gasteiger charge is 2.52. The molecule has 3 N–H and O–H groups in total. The fraction of sp³-hybridized carbons (Fsp3) is 0.480. The number of aromatic nitrogens is 1. The SMILES string of the molecule is Cc1ccc2[nH]c3c(O)cc4c(c3c2c1)C[C@@H]1NCC[C@]42CCCC[C@H]12.O=CC(F)(F)F. The minimum atomic E-state index is -4.64. The molecule has 2 bridgehead atoms. The summed E-state index contributed by atoms with van der Waals surface area (Å²) in [5, 5.41) is 17.3. The quantitative estimate of drug-likeness (QED) is 0.405. The molecular formula is C25H27F3N2O2. The molecule has 1 aromatic heterocycles. The van der Waals surface area contributed by atoms with Crippen LogP contribution in [0.3, 0.4) is 0 Å². The summed E-state index contributed by atoms with van der Waals surface area (Å²) in [7, 11) is 0. The Morgan fingerprint density at radius 2 is 1.97 bits per heavy atom. The van der Waals surface area contributed by atoms with Crippen LogP contribution in [0.15, 0.2) is 24.3 Å². The van der Waals surface area contributed by atoms with Gasteiger partial charge in [-0.25, -0.2) is 0 Å². The fourth-order valence-corrected chi connectivity index (χ4v) is 6.59. The van der Waals surface area contributed by atoms with Gasteiger partial charge in [0, 0.05) is 27.7 Å². The molecule has 3 aliphatic rings. The van der Waals surface area contributed by atoms with E-state index in [2.05, 4.69) is 41.5 Å². The number of aryl methyl sites for hydroxylation is 1. The van der Waals surface area contributed by atoms with Gasteiger partial charge in [0.05, 0.1) is 5.52 Å². The van der Waals surface area contributed by atoms with E-state index < -0.39 is 12.5 Å². The number of nitrogens with one attached hydrogen (secondary N) is 2. The van der Waals surface area contributed by atoms with Crippen LogP contribution in [0.5, 0.6) is 5.75 Å². The number of aromatic amines is 1. The third-order valence-electron chi connectivity index (χ3n) is 7.77. The van der Waals surface area contributed by atoms with Gasteiger partial charge in [0.25, 0.3) is 0 Å². The van der Waals surface area contributed by atoms with E-state index >= 15 is 0 Å². The van der Waals surface area contributed by atoms with E-state index in [1.165, 1.54) is 59.6 Å². The van der Waals surface area contributed by atoms with Gasteiger partial charge in [-0.2, -0.15) is 13.2 Å². The smallest absolute Gasteiger partial charge is 0.446 e. The second-order valence-corrected chi connectivity index (χ2v) is 9.53. The first-order chi connectivity index (χ1) is 15.2. The highest BCUT2D eigenvalue weighted by atomic mass is 19.4. The van der Waals surface area contributed by atoms with Crippen LogP contribution in [0.25, 0.3) is 21.8 Å². The molecule has 6 rings (SSSR count). The number of aromatic hydroxyl groups is 1. The minimum Gasteiger partial charge on any atom is -0.506 e. The summed E-state index contributed by atoms with van der Waals surface area (Å²) in [5.74, 6) is 1.17. The molecule has 170 valence electrons. The number of H-pyrrole nitrogens is 1. The Kier molecular flexibility index (Phi) is 5.00. The molecule has 1 saturated heterocycles. The van der Waals surface area contributed by atoms with Crippen molar-refractivity contribution >= 4 is 28.1 Å². The Bertz CT molecular complexity index is 1200. The van der Waals surface area contributed by atoms with Gasteiger partial charge in [0.15, 0.2) is 0 Å². The van der Waals surface area contributed by atoms with E-state index in [9.17, 15) is 18.3 Å². The topological polar surface area (TPSA) is 65.1 Å². The number of benzene rings is 2. The van der Waals surface area contributed by atoms with Crippen molar-refractivity contribution in [2.75, 3.05) is 6.54 Å². The van der Waals surface area contributed by atoms with Crippen molar-refractivity contribution in [2.45, 2.75) is 63.1 Å². The van der Waals surface area contributed by atoms with Gasteiger partial charge in [0.2, 0.25) is 6.29 Å². The highest BCUT2D eigenvalue weighted by molar-refractivity contribution is 6.11. The van der Waals surface area contributed by atoms with Gasteiger partial charge < -0.3 is 15.4 Å². The summed E-state index contributed by atoms with van der Waals surface area (Å²) < 4.78 is 31.2. The molecule has 7 heteroatoms. The molecule has 2 aliphatic carbocycles. The number of rotatable bonds is 0. The lowest BCUT2D eigenvalue weighted by Crippen LogP contribution is -2.59. The summed E-state index contributed by atoms with van der Waals surface area (Å²) in [6.45, 7) is 3.27. The van der Waals surface area contributed by atoms with Crippen molar-refractivity contribution < 1.29 is 23.1 Å². The van der Waals surface area contributed by atoms with Crippen molar-refractivity contribution in [3.8, 4) is 5.75 Å². The first-order valence-corrected chi connectivity index (χ1v) is 11.3. The number of hydrogen-bond acceptors (Lipinski definition) is 3. The third-order valence-corrected chi connectivity index (χ3v) is 7.77. The van der Waals surface area contributed by atoms with Gasteiger partial charge in [-0.05, 0) is 74.4 Å². The second-order valence-electron chi connectivity index (χ2n) is 9.53. The summed E-state index contributed by atoms with van der Waals surface area (Å²) >= 11 is 0. The molecular weight excluding hydrogens is 417 g/mol. The summed E-state index contributed by atoms with van der Waals surface area (Å²) in [4.78, 5) is 12.2. The highest BCUT2D eigenvalue weighted by Crippen LogP contribution is 2.56. The first kappa shape index (κ1) is 21.3. The number of aldehydes is 1. The van der Waals surface area contributed by atoms with Crippen molar-refractivity contribution in [3.63, 3.8) is 0 Å². The number of hydrogen-bond donors (Lipinski definition) is 3. The van der Waals surface area contributed by atoms with Gasteiger partial charge in [-0.15, -0.1) is 0 Å². The largest absolute Gasteiger partial charge is 0.506 e. The van der Waals surface area contributed by atoms with Gasteiger partial charge in [0.1, 0.15) is 5.75 Å². The average Bonchev–Trinajstić information content (AvgIpc) is 3.14. The average molecular weight is 444 g/mol. The number of fused-ring (bicyclic) bond motifs is 5. The maximum Gasteiger partial charge on any atom is 0.446 e. The van der Waals surface area contributed by atoms with Crippen molar-refractivity contribution in [1.82, 2.24) is 10.3 Å².